The zero-order chi connectivity index (χ0) is 14.0. The van der Waals surface area contributed by atoms with Crippen molar-refractivity contribution < 1.29 is 9.90 Å². The lowest BCUT2D eigenvalue weighted by atomic mass is 10.1. The fraction of sp³-hybridized carbons (Fsp3) is 0.538. The Kier molecular flexibility index (Phi) is 4.26. The van der Waals surface area contributed by atoms with Crippen LogP contribution in [0.4, 0.5) is 5.82 Å². The number of halogens is 1. The molecule has 0 spiro atoms. The number of carboxylic acids is 1. The summed E-state index contributed by atoms with van der Waals surface area (Å²) in [5.74, 6) is 0.683. The molecule has 2 heterocycles. The number of carbonyl (C=O) groups is 1. The van der Waals surface area contributed by atoms with E-state index < -0.39 is 5.97 Å². The largest absolute Gasteiger partial charge is 0.478 e. The summed E-state index contributed by atoms with van der Waals surface area (Å²) in [5, 5.41) is 9.29. The number of aromatic nitrogens is 1. The Bertz CT molecular complexity index is 494. The molecule has 1 aliphatic heterocycles. The summed E-state index contributed by atoms with van der Waals surface area (Å²) in [7, 11) is 0. The summed E-state index contributed by atoms with van der Waals surface area (Å²) < 4.78 is 0.253. The van der Waals surface area contributed by atoms with Crippen molar-refractivity contribution >= 4 is 35.1 Å². The van der Waals surface area contributed by atoms with E-state index in [2.05, 4.69) is 23.7 Å². The summed E-state index contributed by atoms with van der Waals surface area (Å²) in [5.41, 5.74) is 0.186. The van der Waals surface area contributed by atoms with Gasteiger partial charge in [-0.25, -0.2) is 9.78 Å². The lowest BCUT2D eigenvalue weighted by Crippen LogP contribution is -2.28. The highest BCUT2D eigenvalue weighted by Gasteiger charge is 2.24. The van der Waals surface area contributed by atoms with E-state index in [9.17, 15) is 4.79 Å². The number of pyridine rings is 1. The van der Waals surface area contributed by atoms with Gasteiger partial charge in [0, 0.05) is 23.6 Å². The molecule has 0 aliphatic carbocycles. The lowest BCUT2D eigenvalue weighted by molar-refractivity contribution is 0.0697. The van der Waals surface area contributed by atoms with Crippen LogP contribution < -0.4 is 4.90 Å². The molecule has 104 valence electrons. The zero-order valence-electron chi connectivity index (χ0n) is 11.0. The molecule has 1 aliphatic rings. The smallest absolute Gasteiger partial charge is 0.335 e. The highest BCUT2D eigenvalue weighted by atomic mass is 35.5. The minimum Gasteiger partial charge on any atom is -0.478 e. The van der Waals surface area contributed by atoms with E-state index >= 15 is 0 Å². The maximum Gasteiger partial charge on any atom is 0.335 e. The van der Waals surface area contributed by atoms with Crippen LogP contribution in [0.1, 0.15) is 30.6 Å². The van der Waals surface area contributed by atoms with Gasteiger partial charge >= 0.3 is 5.97 Å². The molecule has 1 aromatic rings. The van der Waals surface area contributed by atoms with Crippen molar-refractivity contribution in [1.82, 2.24) is 4.98 Å². The number of rotatable bonds is 2. The van der Waals surface area contributed by atoms with Crippen LogP contribution in [-0.4, -0.2) is 39.6 Å². The molecule has 1 fully saturated rings. The number of aromatic carboxylic acids is 1. The maximum absolute atomic E-state index is 11.1. The molecule has 0 unspecified atom stereocenters. The molecule has 0 atom stereocenters. The van der Waals surface area contributed by atoms with Gasteiger partial charge in [-0.3, -0.25) is 0 Å². The molecule has 0 amide bonds. The summed E-state index contributed by atoms with van der Waals surface area (Å²) in [4.78, 5) is 17.4. The predicted molar refractivity (Wildman–Crippen MR) is 79.6 cm³/mol. The number of carboxylic acid groups (broad SMARTS) is 1. The zero-order valence-corrected chi connectivity index (χ0v) is 12.6. The minimum absolute atomic E-state index is 0.186. The van der Waals surface area contributed by atoms with Gasteiger partial charge in [0.15, 0.2) is 0 Å². The second-order valence-electron chi connectivity index (χ2n) is 5.19. The van der Waals surface area contributed by atoms with Crippen molar-refractivity contribution in [3.05, 3.63) is 22.8 Å². The molecule has 0 bridgehead atoms. The van der Waals surface area contributed by atoms with Crippen molar-refractivity contribution in [2.45, 2.75) is 25.0 Å². The fourth-order valence-corrected chi connectivity index (χ4v) is 3.32. The topological polar surface area (TPSA) is 53.4 Å². The summed E-state index contributed by atoms with van der Waals surface area (Å²) >= 11 is 7.84. The second-order valence-corrected chi connectivity index (χ2v) is 7.38. The van der Waals surface area contributed by atoms with Gasteiger partial charge in [0.25, 0.3) is 0 Å². The van der Waals surface area contributed by atoms with Gasteiger partial charge in [-0.05, 0) is 18.6 Å². The van der Waals surface area contributed by atoms with Crippen LogP contribution in [0.25, 0.3) is 0 Å². The third-order valence-electron chi connectivity index (χ3n) is 3.19. The van der Waals surface area contributed by atoms with Crippen LogP contribution in [0.15, 0.2) is 12.1 Å². The molecule has 2 rings (SSSR count). The highest BCUT2D eigenvalue weighted by molar-refractivity contribution is 8.00. The van der Waals surface area contributed by atoms with E-state index in [4.69, 9.17) is 16.7 Å². The van der Waals surface area contributed by atoms with Gasteiger partial charge in [0.05, 0.1) is 5.56 Å². The Hall–Kier alpha value is -0.940. The number of nitrogens with zero attached hydrogens (tertiary/aromatic N) is 2. The van der Waals surface area contributed by atoms with Gasteiger partial charge in [-0.15, -0.1) is 0 Å². The molecular formula is C13H17ClN2O2S. The quantitative estimate of drug-likeness (QED) is 0.850. The van der Waals surface area contributed by atoms with Crippen molar-refractivity contribution in [3.8, 4) is 0 Å². The van der Waals surface area contributed by atoms with Crippen LogP contribution >= 0.6 is 23.4 Å². The maximum atomic E-state index is 11.1. The summed E-state index contributed by atoms with van der Waals surface area (Å²) in [6.07, 6.45) is 1.04. The van der Waals surface area contributed by atoms with Gasteiger partial charge in [-0.2, -0.15) is 11.8 Å². The highest BCUT2D eigenvalue weighted by Crippen LogP contribution is 2.32. The molecule has 6 heteroatoms. The first-order chi connectivity index (χ1) is 8.87. The van der Waals surface area contributed by atoms with Crippen molar-refractivity contribution in [2.24, 2.45) is 0 Å². The van der Waals surface area contributed by atoms with Gasteiger partial charge in [-0.1, -0.05) is 25.4 Å². The van der Waals surface area contributed by atoms with E-state index in [0.29, 0.717) is 5.82 Å². The molecule has 0 radical (unpaired) electrons. The van der Waals surface area contributed by atoms with Gasteiger partial charge in [0.2, 0.25) is 0 Å². The molecule has 1 N–H and O–H groups in total. The SMILES string of the molecule is CC1(C)CCN(c2cc(C(=O)O)cc(Cl)n2)CCS1. The van der Waals surface area contributed by atoms with Crippen molar-refractivity contribution in [2.75, 3.05) is 23.7 Å². The number of hydrogen-bond donors (Lipinski definition) is 1. The van der Waals surface area contributed by atoms with Gasteiger partial charge < -0.3 is 10.0 Å². The van der Waals surface area contributed by atoms with Crippen LogP contribution in [0.2, 0.25) is 5.15 Å². The average Bonchev–Trinajstić information content (AvgIpc) is 2.49. The first-order valence-corrected chi connectivity index (χ1v) is 7.53. The fourth-order valence-electron chi connectivity index (χ4n) is 2.02. The van der Waals surface area contributed by atoms with E-state index in [1.807, 2.05) is 11.8 Å². The molecule has 4 nitrogen and oxygen atoms in total. The van der Waals surface area contributed by atoms with Crippen LogP contribution in [-0.2, 0) is 0 Å². The molecule has 0 aromatic carbocycles. The monoisotopic (exact) mass is 300 g/mol. The van der Waals surface area contributed by atoms with E-state index in [0.717, 1.165) is 25.3 Å². The Balaban J connectivity index is 2.24. The molecule has 1 aromatic heterocycles. The predicted octanol–water partition coefficient (Wildman–Crippen LogP) is 3.16. The first-order valence-electron chi connectivity index (χ1n) is 6.17. The number of anilines is 1. The summed E-state index contributed by atoms with van der Waals surface area (Å²) in [6, 6.07) is 2.97. The normalized spacial score (nSPS) is 19.0. The third kappa shape index (κ3) is 3.76. The van der Waals surface area contributed by atoms with E-state index in [1.54, 1.807) is 6.07 Å². The van der Waals surface area contributed by atoms with Crippen molar-refractivity contribution in [3.63, 3.8) is 0 Å². The van der Waals surface area contributed by atoms with Crippen LogP contribution in [0.5, 0.6) is 0 Å². The molecular weight excluding hydrogens is 284 g/mol. The Labute approximate surface area is 122 Å². The average molecular weight is 301 g/mol. The molecule has 19 heavy (non-hydrogen) atoms. The molecule has 0 saturated carbocycles. The van der Waals surface area contributed by atoms with E-state index in [1.165, 1.54) is 6.07 Å². The second kappa shape index (κ2) is 5.59. The van der Waals surface area contributed by atoms with Gasteiger partial charge in [0.1, 0.15) is 11.0 Å². The van der Waals surface area contributed by atoms with E-state index in [-0.39, 0.29) is 15.5 Å². The molecule has 1 saturated heterocycles. The lowest BCUT2D eigenvalue weighted by Gasteiger charge is -2.23. The van der Waals surface area contributed by atoms with Crippen molar-refractivity contribution in [1.29, 1.82) is 0 Å². The summed E-state index contributed by atoms with van der Waals surface area (Å²) in [6.45, 7) is 6.19. The number of hydrogen-bond acceptors (Lipinski definition) is 4. The first kappa shape index (κ1) is 14.5. The van der Waals surface area contributed by atoms with Crippen LogP contribution in [0, 0.1) is 0 Å². The van der Waals surface area contributed by atoms with Crippen LogP contribution in [0.3, 0.4) is 0 Å². The standard InChI is InChI=1S/C13H17ClN2O2S/c1-13(2)3-4-16(5-6-19-13)11-8-9(12(17)18)7-10(14)15-11/h7-8H,3-6H2,1-2H3,(H,17,18). The Morgan fingerprint density at radius 1 is 1.47 bits per heavy atom. The Morgan fingerprint density at radius 2 is 2.21 bits per heavy atom. The minimum atomic E-state index is -0.977. The Morgan fingerprint density at radius 3 is 2.89 bits per heavy atom. The third-order valence-corrected chi connectivity index (χ3v) is 4.76. The number of thioether (sulfide) groups is 1.